The van der Waals surface area contributed by atoms with Crippen molar-refractivity contribution in [3.63, 3.8) is 0 Å². The number of rotatable bonds is 3. The fraction of sp³-hybridized carbons (Fsp3) is 0.818. The van der Waals surface area contributed by atoms with Gasteiger partial charge in [-0.2, -0.15) is 0 Å². The molecule has 0 spiro atoms. The third kappa shape index (κ3) is 4.63. The molecular formula is C11H23NSi. The third-order valence-corrected chi connectivity index (χ3v) is 4.90. The minimum atomic E-state index is -0.550. The number of hydrogen-bond donors (Lipinski definition) is 0. The molecule has 1 heterocycles. The summed E-state index contributed by atoms with van der Waals surface area (Å²) in [5.74, 6) is 0. The average molecular weight is 197 g/mol. The Labute approximate surface area is 84.4 Å². The lowest BCUT2D eigenvalue weighted by Crippen LogP contribution is -2.33. The Kier molecular flexibility index (Phi) is 5.40. The number of hydrogen-bond acceptors (Lipinski definition) is 1. The molecule has 1 saturated heterocycles. The summed E-state index contributed by atoms with van der Waals surface area (Å²) in [5, 5.41) is 0. The molecule has 0 aliphatic carbocycles. The standard InChI is InChI=1S/C11H23NSi/c1-3-10-13(2)11-12-8-6-4-5-7-9-12/h3,10,13H,4-9,11H2,1-2H3. The molecule has 1 atom stereocenters. The molecule has 0 aromatic heterocycles. The molecule has 0 bridgehead atoms. The minimum absolute atomic E-state index is 0.550. The summed E-state index contributed by atoms with van der Waals surface area (Å²) in [6, 6.07) is 0. The highest BCUT2D eigenvalue weighted by atomic mass is 28.3. The van der Waals surface area contributed by atoms with E-state index in [2.05, 4.69) is 30.1 Å². The zero-order valence-corrected chi connectivity index (χ0v) is 10.3. The van der Waals surface area contributed by atoms with E-state index in [0.29, 0.717) is 0 Å². The van der Waals surface area contributed by atoms with Crippen molar-refractivity contribution in [2.24, 2.45) is 0 Å². The van der Waals surface area contributed by atoms with Gasteiger partial charge >= 0.3 is 0 Å². The first-order valence-electron chi connectivity index (χ1n) is 5.68. The molecule has 2 heteroatoms. The van der Waals surface area contributed by atoms with E-state index in [1.807, 2.05) is 0 Å². The zero-order valence-electron chi connectivity index (χ0n) is 9.13. The molecule has 13 heavy (non-hydrogen) atoms. The summed E-state index contributed by atoms with van der Waals surface area (Å²) < 4.78 is 0. The van der Waals surface area contributed by atoms with Crippen LogP contribution in [-0.2, 0) is 0 Å². The molecule has 0 amide bonds. The number of nitrogens with zero attached hydrogens (tertiary/aromatic N) is 1. The summed E-state index contributed by atoms with van der Waals surface area (Å²) in [7, 11) is -0.550. The van der Waals surface area contributed by atoms with Crippen LogP contribution >= 0.6 is 0 Å². The predicted molar refractivity (Wildman–Crippen MR) is 62.7 cm³/mol. The summed E-state index contributed by atoms with van der Waals surface area (Å²) in [4.78, 5) is 2.68. The van der Waals surface area contributed by atoms with Gasteiger partial charge < -0.3 is 4.90 Å². The van der Waals surface area contributed by atoms with Gasteiger partial charge in [-0.15, -0.1) is 5.70 Å². The normalized spacial score (nSPS) is 23.2. The first-order valence-corrected chi connectivity index (χ1v) is 8.32. The Morgan fingerprint density at radius 3 is 2.31 bits per heavy atom. The molecule has 1 aliphatic heterocycles. The highest BCUT2D eigenvalue weighted by molar-refractivity contribution is 6.63. The number of likely N-dealkylation sites (tertiary alicyclic amines) is 1. The lowest BCUT2D eigenvalue weighted by atomic mass is 10.2. The largest absolute Gasteiger partial charge is 0.306 e. The first kappa shape index (κ1) is 11.0. The van der Waals surface area contributed by atoms with Gasteiger partial charge in [0.2, 0.25) is 0 Å². The Morgan fingerprint density at radius 1 is 1.15 bits per heavy atom. The lowest BCUT2D eigenvalue weighted by Gasteiger charge is -2.21. The van der Waals surface area contributed by atoms with Gasteiger partial charge in [-0.25, -0.2) is 0 Å². The Morgan fingerprint density at radius 2 is 1.77 bits per heavy atom. The van der Waals surface area contributed by atoms with Crippen LogP contribution in [0, 0.1) is 0 Å². The fourth-order valence-electron chi connectivity index (χ4n) is 2.12. The van der Waals surface area contributed by atoms with Crippen molar-refractivity contribution in [3.8, 4) is 0 Å². The number of allylic oxidation sites excluding steroid dienone is 1. The summed E-state index contributed by atoms with van der Waals surface area (Å²) in [6.07, 6.45) is 9.39. The van der Waals surface area contributed by atoms with Crippen LogP contribution in [-0.4, -0.2) is 33.0 Å². The van der Waals surface area contributed by atoms with E-state index in [-0.39, 0.29) is 0 Å². The van der Waals surface area contributed by atoms with Crippen LogP contribution < -0.4 is 0 Å². The van der Waals surface area contributed by atoms with Crippen LogP contribution in [0.3, 0.4) is 0 Å². The van der Waals surface area contributed by atoms with E-state index in [9.17, 15) is 0 Å². The van der Waals surface area contributed by atoms with Crippen LogP contribution in [0.5, 0.6) is 0 Å². The van der Waals surface area contributed by atoms with Gasteiger partial charge in [-0.05, 0) is 39.0 Å². The maximum atomic E-state index is 2.68. The molecule has 0 saturated carbocycles. The van der Waals surface area contributed by atoms with Crippen molar-refractivity contribution in [3.05, 3.63) is 11.8 Å². The molecule has 76 valence electrons. The third-order valence-electron chi connectivity index (χ3n) is 2.77. The van der Waals surface area contributed by atoms with Crippen molar-refractivity contribution < 1.29 is 0 Å². The van der Waals surface area contributed by atoms with Gasteiger partial charge in [0.25, 0.3) is 0 Å². The average Bonchev–Trinajstić information content (AvgIpc) is 2.33. The second-order valence-corrected chi connectivity index (χ2v) is 6.92. The van der Waals surface area contributed by atoms with E-state index in [0.717, 1.165) is 0 Å². The summed E-state index contributed by atoms with van der Waals surface area (Å²) in [6.45, 7) is 7.31. The van der Waals surface area contributed by atoms with E-state index in [4.69, 9.17) is 0 Å². The van der Waals surface area contributed by atoms with Crippen molar-refractivity contribution >= 4 is 8.80 Å². The SMILES string of the molecule is CC=C[SiH](C)CN1CCCCCC1. The highest BCUT2D eigenvalue weighted by Crippen LogP contribution is 2.09. The minimum Gasteiger partial charge on any atom is -0.306 e. The highest BCUT2D eigenvalue weighted by Gasteiger charge is 2.10. The van der Waals surface area contributed by atoms with Gasteiger partial charge in [-0.1, -0.05) is 25.5 Å². The zero-order chi connectivity index (χ0) is 9.52. The molecule has 0 aromatic rings. The quantitative estimate of drug-likeness (QED) is 0.628. The van der Waals surface area contributed by atoms with Gasteiger partial charge in [0.15, 0.2) is 0 Å². The molecule has 0 radical (unpaired) electrons. The Hall–Kier alpha value is -0.0831. The van der Waals surface area contributed by atoms with E-state index < -0.39 is 8.80 Å². The van der Waals surface area contributed by atoms with Crippen LogP contribution in [0.2, 0.25) is 6.55 Å². The molecule has 1 aliphatic rings. The van der Waals surface area contributed by atoms with Gasteiger partial charge in [0, 0.05) is 0 Å². The maximum absolute atomic E-state index is 2.68. The monoisotopic (exact) mass is 197 g/mol. The molecule has 0 N–H and O–H groups in total. The van der Waals surface area contributed by atoms with Gasteiger partial charge in [0.1, 0.15) is 0 Å². The van der Waals surface area contributed by atoms with Crippen molar-refractivity contribution in [2.75, 3.05) is 19.3 Å². The second kappa shape index (κ2) is 6.38. The molecule has 1 fully saturated rings. The molecule has 1 rings (SSSR count). The van der Waals surface area contributed by atoms with Crippen LogP contribution in [0.15, 0.2) is 11.8 Å². The van der Waals surface area contributed by atoms with E-state index in [1.165, 1.54) is 44.9 Å². The fourth-order valence-corrected chi connectivity index (χ4v) is 4.07. The molecule has 0 aromatic carbocycles. The Balaban J connectivity index is 2.25. The van der Waals surface area contributed by atoms with Gasteiger partial charge in [0.05, 0.1) is 8.80 Å². The van der Waals surface area contributed by atoms with Gasteiger partial charge in [-0.3, -0.25) is 0 Å². The predicted octanol–water partition coefficient (Wildman–Crippen LogP) is 2.37. The van der Waals surface area contributed by atoms with E-state index >= 15 is 0 Å². The second-order valence-electron chi connectivity index (χ2n) is 4.22. The first-order chi connectivity index (χ1) is 6.33. The molecule has 1 unspecified atom stereocenters. The van der Waals surface area contributed by atoms with E-state index in [1.54, 1.807) is 0 Å². The van der Waals surface area contributed by atoms with Crippen molar-refractivity contribution in [2.45, 2.75) is 39.2 Å². The molecule has 1 nitrogen and oxygen atoms in total. The summed E-state index contributed by atoms with van der Waals surface area (Å²) >= 11 is 0. The van der Waals surface area contributed by atoms with Crippen molar-refractivity contribution in [1.82, 2.24) is 4.90 Å². The van der Waals surface area contributed by atoms with Crippen LogP contribution in [0.1, 0.15) is 32.6 Å². The topological polar surface area (TPSA) is 3.24 Å². The van der Waals surface area contributed by atoms with Crippen LogP contribution in [0.4, 0.5) is 0 Å². The molecular weight excluding hydrogens is 174 g/mol. The Bertz CT molecular complexity index is 148. The van der Waals surface area contributed by atoms with Crippen molar-refractivity contribution in [1.29, 1.82) is 0 Å². The van der Waals surface area contributed by atoms with Crippen LogP contribution in [0.25, 0.3) is 0 Å². The lowest BCUT2D eigenvalue weighted by molar-refractivity contribution is 0.328. The smallest absolute Gasteiger partial charge is 0.0731 e. The maximum Gasteiger partial charge on any atom is 0.0731 e. The summed E-state index contributed by atoms with van der Waals surface area (Å²) in [5.41, 5.74) is 2.45.